The van der Waals surface area contributed by atoms with Crippen molar-refractivity contribution in [3.63, 3.8) is 0 Å². The van der Waals surface area contributed by atoms with Crippen LogP contribution in [0.4, 0.5) is 24.8 Å². The predicted molar refractivity (Wildman–Crippen MR) is 50.2 cm³/mol. The fourth-order valence-electron chi connectivity index (χ4n) is 0.962. The molecule has 0 radical (unpaired) electrons. The molecule has 1 heterocycles. The van der Waals surface area contributed by atoms with Crippen molar-refractivity contribution in [2.24, 2.45) is 0 Å². The van der Waals surface area contributed by atoms with E-state index >= 15 is 0 Å². The first kappa shape index (κ1) is 11.5. The van der Waals surface area contributed by atoms with E-state index in [0.29, 0.717) is 0 Å². The van der Waals surface area contributed by atoms with Gasteiger partial charge in [0.05, 0.1) is 0 Å². The molecule has 0 bridgehead atoms. The van der Waals surface area contributed by atoms with Gasteiger partial charge in [-0.15, -0.1) is 0 Å². The highest BCUT2D eigenvalue weighted by Crippen LogP contribution is 2.27. The lowest BCUT2D eigenvalue weighted by Crippen LogP contribution is -2.17. The van der Waals surface area contributed by atoms with E-state index in [0.717, 1.165) is 0 Å². The fourth-order valence-corrected chi connectivity index (χ4v) is 0.962. The quantitative estimate of drug-likeness (QED) is 0.798. The number of alkyl halides is 3. The maximum Gasteiger partial charge on any atom is 0.451 e. The summed E-state index contributed by atoms with van der Waals surface area (Å²) in [5, 5.41) is 2.73. The van der Waals surface area contributed by atoms with Crippen LogP contribution < -0.4 is 11.1 Å². The molecule has 7 heteroatoms. The summed E-state index contributed by atoms with van der Waals surface area (Å²) in [5.41, 5.74) is 5.24. The van der Waals surface area contributed by atoms with Gasteiger partial charge in [0.1, 0.15) is 11.6 Å². The third-order valence-electron chi connectivity index (χ3n) is 1.44. The molecule has 0 atom stereocenters. The van der Waals surface area contributed by atoms with Crippen molar-refractivity contribution in [1.82, 2.24) is 9.97 Å². The topological polar surface area (TPSA) is 63.8 Å². The van der Waals surface area contributed by atoms with Crippen LogP contribution in [0.25, 0.3) is 0 Å². The van der Waals surface area contributed by atoms with Gasteiger partial charge in [-0.2, -0.15) is 13.2 Å². The molecule has 0 aliphatic carbocycles. The van der Waals surface area contributed by atoms with E-state index < -0.39 is 12.0 Å². The molecule has 0 aliphatic rings. The maximum absolute atomic E-state index is 12.3. The molecule has 0 aromatic carbocycles. The predicted octanol–water partition coefficient (Wildman–Crippen LogP) is 1.90. The van der Waals surface area contributed by atoms with E-state index in [-0.39, 0.29) is 17.7 Å². The number of nitrogen functional groups attached to an aromatic ring is 1. The van der Waals surface area contributed by atoms with Crippen molar-refractivity contribution in [3.8, 4) is 0 Å². The first-order valence-electron chi connectivity index (χ1n) is 4.27. The first-order valence-corrected chi connectivity index (χ1v) is 4.27. The molecule has 0 saturated carbocycles. The van der Waals surface area contributed by atoms with Crippen molar-refractivity contribution >= 4 is 11.6 Å². The number of hydrogen-bond acceptors (Lipinski definition) is 4. The van der Waals surface area contributed by atoms with Gasteiger partial charge in [0.25, 0.3) is 0 Å². The zero-order chi connectivity index (χ0) is 11.6. The highest BCUT2D eigenvalue weighted by Gasteiger charge is 2.35. The van der Waals surface area contributed by atoms with Gasteiger partial charge in [0, 0.05) is 12.1 Å². The second-order valence-corrected chi connectivity index (χ2v) is 3.30. The fraction of sp³-hybridized carbons (Fsp3) is 0.500. The number of rotatable bonds is 2. The number of nitrogens with one attached hydrogen (secondary N) is 1. The molecule has 1 aromatic rings. The Morgan fingerprint density at radius 3 is 2.40 bits per heavy atom. The van der Waals surface area contributed by atoms with Gasteiger partial charge in [0.15, 0.2) is 0 Å². The Bertz CT molecular complexity index is 348. The SMILES string of the molecule is CC(C)Nc1cc(N)nc(C(F)(F)F)n1. The van der Waals surface area contributed by atoms with Crippen molar-refractivity contribution in [2.75, 3.05) is 11.1 Å². The van der Waals surface area contributed by atoms with Crippen LogP contribution >= 0.6 is 0 Å². The van der Waals surface area contributed by atoms with Crippen LogP contribution in [0.3, 0.4) is 0 Å². The lowest BCUT2D eigenvalue weighted by atomic mass is 10.4. The average molecular weight is 220 g/mol. The third kappa shape index (κ3) is 3.26. The van der Waals surface area contributed by atoms with Gasteiger partial charge in [-0.05, 0) is 13.8 Å². The van der Waals surface area contributed by atoms with E-state index in [4.69, 9.17) is 5.73 Å². The molecular weight excluding hydrogens is 209 g/mol. The molecule has 0 fully saturated rings. The van der Waals surface area contributed by atoms with E-state index in [1.807, 2.05) is 0 Å². The molecule has 84 valence electrons. The Morgan fingerprint density at radius 2 is 1.93 bits per heavy atom. The summed E-state index contributed by atoms with van der Waals surface area (Å²) in [4.78, 5) is 6.43. The molecule has 1 rings (SSSR count). The van der Waals surface area contributed by atoms with Gasteiger partial charge in [0.2, 0.25) is 5.82 Å². The van der Waals surface area contributed by atoms with E-state index in [1.54, 1.807) is 13.8 Å². The summed E-state index contributed by atoms with van der Waals surface area (Å²) in [6, 6.07) is 1.23. The average Bonchev–Trinajstić information content (AvgIpc) is 1.99. The van der Waals surface area contributed by atoms with Gasteiger partial charge in [-0.1, -0.05) is 0 Å². The zero-order valence-electron chi connectivity index (χ0n) is 8.26. The molecule has 0 aliphatic heterocycles. The largest absolute Gasteiger partial charge is 0.451 e. The number of nitrogens with two attached hydrogens (primary N) is 1. The monoisotopic (exact) mass is 220 g/mol. The summed E-state index contributed by atoms with van der Waals surface area (Å²) in [6.07, 6.45) is -4.58. The normalized spacial score (nSPS) is 11.9. The van der Waals surface area contributed by atoms with Crippen molar-refractivity contribution in [3.05, 3.63) is 11.9 Å². The zero-order valence-corrected chi connectivity index (χ0v) is 8.26. The number of nitrogens with zero attached hydrogens (tertiary/aromatic N) is 2. The second-order valence-electron chi connectivity index (χ2n) is 3.30. The molecule has 0 spiro atoms. The number of halogens is 3. The van der Waals surface area contributed by atoms with Gasteiger partial charge in [-0.3, -0.25) is 0 Å². The molecule has 0 unspecified atom stereocenters. The molecule has 0 amide bonds. The Morgan fingerprint density at radius 1 is 1.33 bits per heavy atom. The summed E-state index contributed by atoms with van der Waals surface area (Å²) in [6.45, 7) is 3.57. The van der Waals surface area contributed by atoms with Crippen LogP contribution in [0.2, 0.25) is 0 Å². The first-order chi connectivity index (χ1) is 6.79. The molecule has 15 heavy (non-hydrogen) atoms. The van der Waals surface area contributed by atoms with Crippen LogP contribution in [0.5, 0.6) is 0 Å². The van der Waals surface area contributed by atoms with Crippen LogP contribution in [-0.2, 0) is 6.18 Å². The van der Waals surface area contributed by atoms with E-state index in [1.165, 1.54) is 6.07 Å². The van der Waals surface area contributed by atoms with Crippen LogP contribution in [0, 0.1) is 0 Å². The Hall–Kier alpha value is -1.53. The molecule has 1 aromatic heterocycles. The van der Waals surface area contributed by atoms with Crippen molar-refractivity contribution < 1.29 is 13.2 Å². The Balaban J connectivity index is 3.06. The Labute approximate surface area is 84.7 Å². The number of anilines is 2. The summed E-state index contributed by atoms with van der Waals surface area (Å²) in [5.74, 6) is -1.36. The molecule has 3 N–H and O–H groups in total. The van der Waals surface area contributed by atoms with Crippen LogP contribution in [-0.4, -0.2) is 16.0 Å². The van der Waals surface area contributed by atoms with Crippen molar-refractivity contribution in [1.29, 1.82) is 0 Å². The second kappa shape index (κ2) is 3.92. The summed E-state index contributed by atoms with van der Waals surface area (Å²) < 4.78 is 36.8. The summed E-state index contributed by atoms with van der Waals surface area (Å²) in [7, 11) is 0. The van der Waals surface area contributed by atoms with Crippen molar-refractivity contribution in [2.45, 2.75) is 26.1 Å². The minimum atomic E-state index is -4.58. The van der Waals surface area contributed by atoms with Gasteiger partial charge >= 0.3 is 6.18 Å². The minimum absolute atomic E-state index is 0.0274. The number of aromatic nitrogens is 2. The Kier molecular flexibility index (Phi) is 3.01. The highest BCUT2D eigenvalue weighted by atomic mass is 19.4. The third-order valence-corrected chi connectivity index (χ3v) is 1.44. The standard InChI is InChI=1S/C8H11F3N4/c1-4(2)13-6-3-5(12)14-7(15-6)8(9,10)11/h3-4H,1-2H3,(H3,12,13,14,15). The minimum Gasteiger partial charge on any atom is -0.384 e. The molecule has 4 nitrogen and oxygen atoms in total. The lowest BCUT2D eigenvalue weighted by Gasteiger charge is -2.11. The van der Waals surface area contributed by atoms with E-state index in [9.17, 15) is 13.2 Å². The van der Waals surface area contributed by atoms with Crippen LogP contribution in [0.15, 0.2) is 6.07 Å². The van der Waals surface area contributed by atoms with Crippen LogP contribution in [0.1, 0.15) is 19.7 Å². The highest BCUT2D eigenvalue weighted by molar-refractivity contribution is 5.45. The van der Waals surface area contributed by atoms with E-state index in [2.05, 4.69) is 15.3 Å². The van der Waals surface area contributed by atoms with Gasteiger partial charge < -0.3 is 11.1 Å². The van der Waals surface area contributed by atoms with Gasteiger partial charge in [-0.25, -0.2) is 9.97 Å². The maximum atomic E-state index is 12.3. The number of hydrogen-bond donors (Lipinski definition) is 2. The smallest absolute Gasteiger partial charge is 0.384 e. The summed E-state index contributed by atoms with van der Waals surface area (Å²) >= 11 is 0. The molecular formula is C8H11F3N4. The lowest BCUT2D eigenvalue weighted by molar-refractivity contribution is -0.144. The molecule has 0 saturated heterocycles.